The number of carbonyl (C=O) groups is 2. The maximum atomic E-state index is 12.9. The third-order valence-electron chi connectivity index (χ3n) is 5.00. The van der Waals surface area contributed by atoms with Gasteiger partial charge in [-0.3, -0.25) is 4.79 Å². The van der Waals surface area contributed by atoms with E-state index in [1.54, 1.807) is 43.3 Å². The van der Waals surface area contributed by atoms with Gasteiger partial charge in [-0.25, -0.2) is 4.79 Å². The number of nitrogens with one attached hydrogen (secondary N) is 2. The maximum Gasteiger partial charge on any atom is 0.354 e. The van der Waals surface area contributed by atoms with E-state index in [0.29, 0.717) is 39.5 Å². The summed E-state index contributed by atoms with van der Waals surface area (Å²) in [6, 6.07) is 10.1. The molecule has 4 aromatic rings. The normalized spacial score (nSPS) is 10.8. The van der Waals surface area contributed by atoms with E-state index in [4.69, 9.17) is 18.9 Å². The minimum absolute atomic E-state index is 0.0920. The molecule has 2 N–H and O–H groups in total. The lowest BCUT2D eigenvalue weighted by molar-refractivity contribution is 0.0520. The molecule has 0 aliphatic rings. The van der Waals surface area contributed by atoms with E-state index in [1.807, 2.05) is 0 Å². The smallest absolute Gasteiger partial charge is 0.354 e. The summed E-state index contributed by atoms with van der Waals surface area (Å²) in [5.41, 5.74) is 2.19. The summed E-state index contributed by atoms with van der Waals surface area (Å²) in [5.74, 6) is 0.321. The number of ether oxygens (including phenoxy) is 4. The van der Waals surface area contributed by atoms with Crippen LogP contribution < -0.4 is 19.5 Å². The second kappa shape index (κ2) is 9.03. The van der Waals surface area contributed by atoms with E-state index in [-0.39, 0.29) is 12.3 Å². The zero-order valence-electron chi connectivity index (χ0n) is 18.5. The predicted octanol–water partition coefficient (Wildman–Crippen LogP) is 3.57. The lowest BCUT2D eigenvalue weighted by atomic mass is 10.1. The zero-order chi connectivity index (χ0) is 23.5. The fraction of sp³-hybridized carbons (Fsp3) is 0.217. The second-order valence-corrected chi connectivity index (χ2v) is 6.97. The Bertz CT molecular complexity index is 1360. The molecule has 0 radical (unpaired) electrons. The number of esters is 1. The van der Waals surface area contributed by atoms with E-state index in [2.05, 4.69) is 20.5 Å². The van der Waals surface area contributed by atoms with Crippen LogP contribution in [0.25, 0.3) is 21.8 Å². The molecule has 0 aliphatic carbocycles. The third-order valence-corrected chi connectivity index (χ3v) is 5.00. The van der Waals surface area contributed by atoms with Crippen LogP contribution in [-0.4, -0.2) is 55.0 Å². The lowest BCUT2D eigenvalue weighted by Crippen LogP contribution is -2.14. The molecular weight excluding hydrogens is 428 g/mol. The van der Waals surface area contributed by atoms with Crippen molar-refractivity contribution in [3.63, 3.8) is 0 Å². The van der Waals surface area contributed by atoms with E-state index in [9.17, 15) is 9.59 Å². The highest BCUT2D eigenvalue weighted by atomic mass is 16.5. The van der Waals surface area contributed by atoms with Crippen molar-refractivity contribution in [1.82, 2.24) is 15.2 Å². The molecule has 2 aromatic heterocycles. The van der Waals surface area contributed by atoms with Crippen molar-refractivity contribution in [2.45, 2.75) is 6.92 Å². The summed E-state index contributed by atoms with van der Waals surface area (Å²) in [6.45, 7) is 2.03. The topological polar surface area (TPSA) is 125 Å². The van der Waals surface area contributed by atoms with Crippen LogP contribution in [0.4, 0.5) is 5.69 Å². The second-order valence-electron chi connectivity index (χ2n) is 6.97. The Morgan fingerprint density at radius 2 is 1.76 bits per heavy atom. The van der Waals surface area contributed by atoms with Crippen LogP contribution in [0.2, 0.25) is 0 Å². The molecule has 10 nitrogen and oxygen atoms in total. The first-order valence-corrected chi connectivity index (χ1v) is 10.1. The summed E-state index contributed by atoms with van der Waals surface area (Å²) in [7, 11) is 4.50. The van der Waals surface area contributed by atoms with E-state index in [0.717, 1.165) is 10.9 Å². The highest BCUT2D eigenvalue weighted by Crippen LogP contribution is 2.42. The van der Waals surface area contributed by atoms with E-state index >= 15 is 0 Å². The first kappa shape index (κ1) is 21.9. The van der Waals surface area contributed by atoms with Crippen molar-refractivity contribution in [2.24, 2.45) is 0 Å². The standard InChI is InChI=1S/C23H22N4O6/c1-5-33-23(29)18-9-12-8-13(6-7-15(12)25-18)24-22(28)17-10-14-16(26-27-17)11-19(30-2)21(32-4)20(14)31-3/h6-11,25H,5H2,1-4H3,(H,24,28). The number of aromatic nitrogens is 3. The summed E-state index contributed by atoms with van der Waals surface area (Å²) in [4.78, 5) is 27.8. The molecule has 2 heterocycles. The van der Waals surface area contributed by atoms with Crippen molar-refractivity contribution < 1.29 is 28.5 Å². The Balaban J connectivity index is 1.64. The number of nitrogens with zero attached hydrogens (tertiary/aromatic N) is 2. The van der Waals surface area contributed by atoms with Gasteiger partial charge in [0.2, 0.25) is 5.75 Å². The number of hydrogen-bond acceptors (Lipinski definition) is 8. The molecule has 0 atom stereocenters. The molecule has 0 aliphatic heterocycles. The van der Waals surface area contributed by atoms with E-state index < -0.39 is 11.9 Å². The van der Waals surface area contributed by atoms with Gasteiger partial charge in [0.25, 0.3) is 5.91 Å². The maximum absolute atomic E-state index is 12.9. The van der Waals surface area contributed by atoms with Gasteiger partial charge >= 0.3 is 5.97 Å². The number of rotatable bonds is 7. The molecule has 2 aromatic carbocycles. The summed E-state index contributed by atoms with van der Waals surface area (Å²) in [5, 5.41) is 12.3. The van der Waals surface area contributed by atoms with Crippen molar-refractivity contribution in [3.8, 4) is 17.2 Å². The highest BCUT2D eigenvalue weighted by molar-refractivity contribution is 6.06. The van der Waals surface area contributed by atoms with Gasteiger partial charge in [0.05, 0.1) is 33.3 Å². The van der Waals surface area contributed by atoms with Crippen LogP contribution in [0.1, 0.15) is 27.9 Å². The number of amides is 1. The van der Waals surface area contributed by atoms with Gasteiger partial charge in [-0.05, 0) is 37.3 Å². The first-order chi connectivity index (χ1) is 16.0. The Hall–Kier alpha value is -4.34. The molecule has 10 heteroatoms. The Kier molecular flexibility index (Phi) is 5.99. The van der Waals surface area contributed by atoms with Crippen LogP contribution in [0.3, 0.4) is 0 Å². The largest absolute Gasteiger partial charge is 0.493 e. The predicted molar refractivity (Wildman–Crippen MR) is 121 cm³/mol. The highest BCUT2D eigenvalue weighted by Gasteiger charge is 2.19. The van der Waals surface area contributed by atoms with Crippen molar-refractivity contribution in [1.29, 1.82) is 0 Å². The lowest BCUT2D eigenvalue weighted by Gasteiger charge is -2.14. The number of anilines is 1. The van der Waals surface area contributed by atoms with Gasteiger partial charge < -0.3 is 29.2 Å². The Labute approximate surface area is 188 Å². The fourth-order valence-corrected chi connectivity index (χ4v) is 3.50. The average Bonchev–Trinajstić information content (AvgIpc) is 3.26. The molecule has 33 heavy (non-hydrogen) atoms. The van der Waals surface area contributed by atoms with Gasteiger partial charge in [-0.2, -0.15) is 0 Å². The quantitative estimate of drug-likeness (QED) is 0.410. The molecule has 0 fully saturated rings. The van der Waals surface area contributed by atoms with Gasteiger partial charge in [-0.15, -0.1) is 10.2 Å². The number of aromatic amines is 1. The number of methoxy groups -OCH3 is 3. The number of fused-ring (bicyclic) bond motifs is 2. The Morgan fingerprint density at radius 1 is 0.970 bits per heavy atom. The summed E-state index contributed by atoms with van der Waals surface area (Å²) >= 11 is 0. The van der Waals surface area contributed by atoms with Crippen molar-refractivity contribution in [2.75, 3.05) is 33.3 Å². The van der Waals surface area contributed by atoms with Gasteiger partial charge in [0.1, 0.15) is 11.2 Å². The number of benzene rings is 2. The summed E-state index contributed by atoms with van der Waals surface area (Å²) < 4.78 is 21.2. The van der Waals surface area contributed by atoms with Crippen LogP contribution in [-0.2, 0) is 4.74 Å². The molecular formula is C23H22N4O6. The van der Waals surface area contributed by atoms with Gasteiger partial charge in [0, 0.05) is 22.7 Å². The van der Waals surface area contributed by atoms with Crippen LogP contribution in [0.5, 0.6) is 17.2 Å². The average molecular weight is 450 g/mol. The Morgan fingerprint density at radius 3 is 2.45 bits per heavy atom. The molecule has 0 spiro atoms. The van der Waals surface area contributed by atoms with Crippen LogP contribution in [0, 0.1) is 0 Å². The van der Waals surface area contributed by atoms with E-state index in [1.165, 1.54) is 21.3 Å². The third kappa shape index (κ3) is 4.10. The van der Waals surface area contributed by atoms with Gasteiger partial charge in [-0.1, -0.05) is 0 Å². The minimum atomic E-state index is -0.457. The molecule has 0 saturated heterocycles. The molecule has 4 rings (SSSR count). The van der Waals surface area contributed by atoms with Crippen LogP contribution in [0.15, 0.2) is 36.4 Å². The molecule has 0 saturated carbocycles. The fourth-order valence-electron chi connectivity index (χ4n) is 3.50. The molecule has 0 bridgehead atoms. The van der Waals surface area contributed by atoms with Crippen LogP contribution >= 0.6 is 0 Å². The molecule has 1 amide bonds. The summed E-state index contributed by atoms with van der Waals surface area (Å²) in [6.07, 6.45) is 0. The number of hydrogen-bond donors (Lipinski definition) is 2. The van der Waals surface area contributed by atoms with Crippen molar-refractivity contribution >= 4 is 39.4 Å². The molecule has 170 valence electrons. The molecule has 0 unspecified atom stereocenters. The zero-order valence-corrected chi connectivity index (χ0v) is 18.5. The minimum Gasteiger partial charge on any atom is -0.493 e. The number of H-pyrrole nitrogens is 1. The SMILES string of the molecule is CCOC(=O)c1cc2cc(NC(=O)c3cc4c(OC)c(OC)c(OC)cc4nn3)ccc2[nH]1. The van der Waals surface area contributed by atoms with Crippen molar-refractivity contribution in [3.05, 3.63) is 47.8 Å². The monoisotopic (exact) mass is 450 g/mol. The first-order valence-electron chi connectivity index (χ1n) is 10.1. The van der Waals surface area contributed by atoms with Gasteiger partial charge in [0.15, 0.2) is 17.2 Å². The number of carbonyl (C=O) groups excluding carboxylic acids is 2.